The molecule has 0 aromatic heterocycles. The fourth-order valence-corrected chi connectivity index (χ4v) is 1.89. The predicted molar refractivity (Wildman–Crippen MR) is 87.8 cm³/mol. The maximum absolute atomic E-state index is 12.2. The molecule has 4 nitrogen and oxygen atoms in total. The van der Waals surface area contributed by atoms with Crippen LogP contribution in [0.3, 0.4) is 0 Å². The molecular weight excluding hydrogens is 264 g/mol. The van der Waals surface area contributed by atoms with E-state index in [1.165, 1.54) is 0 Å². The van der Waals surface area contributed by atoms with Crippen molar-refractivity contribution in [2.24, 2.45) is 5.92 Å². The minimum atomic E-state index is -0.0296. The standard InChI is InChI=1S/C17H28N2O2/c1-4-10-18-16-9-6-5-8-15(16)17(20)19-11-7-12-21-13-14(2)3/h5-6,8-9,14,18H,4,7,10-13H2,1-3H3,(H,19,20). The summed E-state index contributed by atoms with van der Waals surface area (Å²) in [4.78, 5) is 12.2. The van der Waals surface area contributed by atoms with Gasteiger partial charge < -0.3 is 15.4 Å². The van der Waals surface area contributed by atoms with Gasteiger partial charge in [0.05, 0.1) is 5.56 Å². The number of ether oxygens (including phenoxy) is 1. The molecule has 0 aliphatic heterocycles. The monoisotopic (exact) mass is 292 g/mol. The van der Waals surface area contributed by atoms with Crippen molar-refractivity contribution in [1.82, 2.24) is 5.32 Å². The third kappa shape index (κ3) is 7.14. The van der Waals surface area contributed by atoms with E-state index < -0.39 is 0 Å². The van der Waals surface area contributed by atoms with Crippen LogP contribution in [0.25, 0.3) is 0 Å². The number of amides is 1. The minimum Gasteiger partial charge on any atom is -0.384 e. The topological polar surface area (TPSA) is 50.4 Å². The number of para-hydroxylation sites is 1. The van der Waals surface area contributed by atoms with E-state index >= 15 is 0 Å². The number of nitrogens with one attached hydrogen (secondary N) is 2. The molecule has 4 heteroatoms. The number of rotatable bonds is 10. The van der Waals surface area contributed by atoms with Gasteiger partial charge in [-0.3, -0.25) is 4.79 Å². The second-order valence-corrected chi connectivity index (χ2v) is 5.55. The van der Waals surface area contributed by atoms with Crippen molar-refractivity contribution in [1.29, 1.82) is 0 Å². The van der Waals surface area contributed by atoms with Crippen LogP contribution < -0.4 is 10.6 Å². The first kappa shape index (κ1) is 17.5. The van der Waals surface area contributed by atoms with E-state index in [1.807, 2.05) is 24.3 Å². The molecule has 1 amide bonds. The molecule has 0 bridgehead atoms. The lowest BCUT2D eigenvalue weighted by Gasteiger charge is -2.12. The highest BCUT2D eigenvalue weighted by Crippen LogP contribution is 2.14. The lowest BCUT2D eigenvalue weighted by molar-refractivity contribution is 0.0925. The first-order valence-corrected chi connectivity index (χ1v) is 7.84. The minimum absolute atomic E-state index is 0.0296. The van der Waals surface area contributed by atoms with Crippen LogP contribution in [-0.2, 0) is 4.74 Å². The number of hydrogen-bond acceptors (Lipinski definition) is 3. The second-order valence-electron chi connectivity index (χ2n) is 5.55. The molecular formula is C17H28N2O2. The fourth-order valence-electron chi connectivity index (χ4n) is 1.89. The fraction of sp³-hybridized carbons (Fsp3) is 0.588. The van der Waals surface area contributed by atoms with Gasteiger partial charge in [0, 0.05) is 32.0 Å². The Bertz CT molecular complexity index is 419. The molecule has 0 aliphatic carbocycles. The Hall–Kier alpha value is -1.55. The molecule has 21 heavy (non-hydrogen) atoms. The van der Waals surface area contributed by atoms with E-state index in [4.69, 9.17) is 4.74 Å². The molecule has 2 N–H and O–H groups in total. The molecule has 0 atom stereocenters. The van der Waals surface area contributed by atoms with Crippen LogP contribution in [-0.4, -0.2) is 32.2 Å². The van der Waals surface area contributed by atoms with Gasteiger partial charge in [-0.1, -0.05) is 32.9 Å². The van der Waals surface area contributed by atoms with Crippen molar-refractivity contribution >= 4 is 11.6 Å². The quantitative estimate of drug-likeness (QED) is 0.651. The van der Waals surface area contributed by atoms with E-state index in [0.717, 1.165) is 31.7 Å². The van der Waals surface area contributed by atoms with Crippen LogP contribution in [0.2, 0.25) is 0 Å². The van der Waals surface area contributed by atoms with Crippen molar-refractivity contribution in [3.63, 3.8) is 0 Å². The van der Waals surface area contributed by atoms with Gasteiger partial charge in [0.2, 0.25) is 0 Å². The smallest absolute Gasteiger partial charge is 0.253 e. The van der Waals surface area contributed by atoms with Gasteiger partial charge in [-0.2, -0.15) is 0 Å². The highest BCUT2D eigenvalue weighted by atomic mass is 16.5. The number of carbonyl (C=O) groups is 1. The van der Waals surface area contributed by atoms with E-state index in [1.54, 1.807) is 0 Å². The Balaban J connectivity index is 2.34. The van der Waals surface area contributed by atoms with Crippen LogP contribution in [0, 0.1) is 5.92 Å². The Labute approximate surface area is 128 Å². The van der Waals surface area contributed by atoms with Crippen LogP contribution in [0.5, 0.6) is 0 Å². The summed E-state index contributed by atoms with van der Waals surface area (Å²) in [5.74, 6) is 0.522. The van der Waals surface area contributed by atoms with Crippen LogP contribution in [0.1, 0.15) is 44.0 Å². The number of hydrogen-bond donors (Lipinski definition) is 2. The first-order chi connectivity index (χ1) is 10.1. The van der Waals surface area contributed by atoms with E-state index in [9.17, 15) is 4.79 Å². The van der Waals surface area contributed by atoms with Gasteiger partial charge in [0.25, 0.3) is 5.91 Å². The molecule has 0 fully saturated rings. The summed E-state index contributed by atoms with van der Waals surface area (Å²) in [6.07, 6.45) is 1.87. The largest absolute Gasteiger partial charge is 0.384 e. The van der Waals surface area contributed by atoms with Crippen molar-refractivity contribution in [3.05, 3.63) is 29.8 Å². The van der Waals surface area contributed by atoms with Crippen molar-refractivity contribution in [2.75, 3.05) is 31.6 Å². The van der Waals surface area contributed by atoms with E-state index in [2.05, 4.69) is 31.4 Å². The molecule has 118 valence electrons. The van der Waals surface area contributed by atoms with Crippen LogP contribution in [0.15, 0.2) is 24.3 Å². The third-order valence-electron chi connectivity index (χ3n) is 2.94. The van der Waals surface area contributed by atoms with Crippen molar-refractivity contribution < 1.29 is 9.53 Å². The Kier molecular flexibility index (Phi) is 8.51. The average Bonchev–Trinajstić information content (AvgIpc) is 2.48. The second kappa shape index (κ2) is 10.2. The summed E-state index contributed by atoms with van der Waals surface area (Å²) in [5.41, 5.74) is 1.60. The molecule has 1 rings (SSSR count). The van der Waals surface area contributed by atoms with Gasteiger partial charge in [0.1, 0.15) is 0 Å². The Morgan fingerprint density at radius 2 is 2.00 bits per heavy atom. The third-order valence-corrected chi connectivity index (χ3v) is 2.94. The molecule has 0 aliphatic rings. The summed E-state index contributed by atoms with van der Waals surface area (Å²) in [5, 5.41) is 6.23. The molecule has 0 saturated carbocycles. The summed E-state index contributed by atoms with van der Waals surface area (Å²) >= 11 is 0. The molecule has 0 spiro atoms. The number of benzene rings is 1. The number of anilines is 1. The highest BCUT2D eigenvalue weighted by molar-refractivity contribution is 5.99. The predicted octanol–water partition coefficient (Wildman–Crippen LogP) is 3.30. The summed E-state index contributed by atoms with van der Waals surface area (Å²) in [6, 6.07) is 7.62. The maximum atomic E-state index is 12.2. The lowest BCUT2D eigenvalue weighted by atomic mass is 10.1. The maximum Gasteiger partial charge on any atom is 0.253 e. The molecule has 0 radical (unpaired) electrons. The zero-order valence-corrected chi connectivity index (χ0v) is 13.4. The summed E-state index contributed by atoms with van der Waals surface area (Å²) in [6.45, 7) is 9.33. The van der Waals surface area contributed by atoms with Gasteiger partial charge in [-0.05, 0) is 30.9 Å². The normalized spacial score (nSPS) is 10.7. The van der Waals surface area contributed by atoms with Gasteiger partial charge in [-0.15, -0.1) is 0 Å². The van der Waals surface area contributed by atoms with Crippen LogP contribution >= 0.6 is 0 Å². The highest BCUT2D eigenvalue weighted by Gasteiger charge is 2.09. The van der Waals surface area contributed by atoms with Crippen molar-refractivity contribution in [3.8, 4) is 0 Å². The van der Waals surface area contributed by atoms with Crippen LogP contribution in [0.4, 0.5) is 5.69 Å². The van der Waals surface area contributed by atoms with E-state index in [0.29, 0.717) is 24.6 Å². The molecule has 0 saturated heterocycles. The molecule has 0 unspecified atom stereocenters. The van der Waals surface area contributed by atoms with Gasteiger partial charge in [0.15, 0.2) is 0 Å². The lowest BCUT2D eigenvalue weighted by Crippen LogP contribution is -2.26. The average molecular weight is 292 g/mol. The Morgan fingerprint density at radius 3 is 2.71 bits per heavy atom. The first-order valence-electron chi connectivity index (χ1n) is 7.84. The zero-order valence-electron chi connectivity index (χ0n) is 13.4. The van der Waals surface area contributed by atoms with Crippen molar-refractivity contribution in [2.45, 2.75) is 33.6 Å². The summed E-state index contributed by atoms with van der Waals surface area (Å²) < 4.78 is 5.50. The van der Waals surface area contributed by atoms with Gasteiger partial charge in [-0.25, -0.2) is 0 Å². The molecule has 0 heterocycles. The van der Waals surface area contributed by atoms with E-state index in [-0.39, 0.29) is 5.91 Å². The SMILES string of the molecule is CCCNc1ccccc1C(=O)NCCCOCC(C)C. The summed E-state index contributed by atoms with van der Waals surface area (Å²) in [7, 11) is 0. The number of carbonyl (C=O) groups excluding carboxylic acids is 1. The Morgan fingerprint density at radius 1 is 1.24 bits per heavy atom. The zero-order chi connectivity index (χ0) is 15.5. The molecule has 1 aromatic carbocycles. The molecule has 1 aromatic rings. The van der Waals surface area contributed by atoms with Gasteiger partial charge >= 0.3 is 0 Å².